The van der Waals surface area contributed by atoms with Gasteiger partial charge in [0.2, 0.25) is 0 Å². The molecule has 3 rings (SSSR count). The van der Waals surface area contributed by atoms with Gasteiger partial charge in [0.1, 0.15) is 11.3 Å². The monoisotopic (exact) mass is 379 g/mol. The number of amides is 1. The Kier molecular flexibility index (Phi) is 5.24. The van der Waals surface area contributed by atoms with Crippen molar-refractivity contribution in [2.45, 2.75) is 42.5 Å². The zero-order chi connectivity index (χ0) is 18.8. The predicted octanol–water partition coefficient (Wildman–Crippen LogP) is 1.76. The van der Waals surface area contributed by atoms with Gasteiger partial charge >= 0.3 is 0 Å². The number of hydrogen-bond acceptors (Lipinski definition) is 6. The number of nitrogens with two attached hydrogens (primary N) is 1. The van der Waals surface area contributed by atoms with Gasteiger partial charge < -0.3 is 15.8 Å². The van der Waals surface area contributed by atoms with E-state index in [1.54, 1.807) is 18.2 Å². The van der Waals surface area contributed by atoms with Crippen molar-refractivity contribution in [2.75, 3.05) is 19.0 Å². The van der Waals surface area contributed by atoms with E-state index < -0.39 is 21.5 Å². The Labute approximate surface area is 154 Å². The topological polar surface area (TPSA) is 111 Å². The van der Waals surface area contributed by atoms with Crippen LogP contribution in [-0.2, 0) is 14.8 Å². The van der Waals surface area contributed by atoms with Gasteiger partial charge in [-0.15, -0.1) is 0 Å². The molecule has 0 bridgehead atoms. The number of nitrogens with one attached hydrogen (secondary N) is 2. The maximum Gasteiger partial charge on any atom is 0.269 e. The molecule has 0 saturated heterocycles. The van der Waals surface area contributed by atoms with Gasteiger partial charge in [0.25, 0.3) is 15.9 Å². The maximum atomic E-state index is 12.9. The molecule has 8 heteroatoms. The van der Waals surface area contributed by atoms with Gasteiger partial charge in [-0.2, -0.15) is 0 Å². The molecule has 1 heterocycles. The summed E-state index contributed by atoms with van der Waals surface area (Å²) in [4.78, 5) is 12.5. The van der Waals surface area contributed by atoms with Crippen LogP contribution in [-0.4, -0.2) is 33.5 Å². The van der Waals surface area contributed by atoms with E-state index in [4.69, 9.17) is 10.5 Å². The number of allylic oxidation sites excluding steroid dienone is 1. The lowest BCUT2D eigenvalue weighted by molar-refractivity contribution is -0.121. The van der Waals surface area contributed by atoms with Crippen molar-refractivity contribution >= 4 is 21.6 Å². The molecule has 2 atom stereocenters. The van der Waals surface area contributed by atoms with Gasteiger partial charge in [0.05, 0.1) is 12.8 Å². The number of fused-ring (bicyclic) bond motifs is 2. The molecular weight excluding hydrogens is 354 g/mol. The van der Waals surface area contributed by atoms with E-state index in [2.05, 4.69) is 10.0 Å². The van der Waals surface area contributed by atoms with Crippen LogP contribution in [0.2, 0.25) is 0 Å². The number of methoxy groups -OCH3 is 1. The van der Waals surface area contributed by atoms with Crippen LogP contribution in [0.15, 0.2) is 35.2 Å². The Morgan fingerprint density at radius 1 is 1.27 bits per heavy atom. The molecule has 1 fully saturated rings. The molecule has 0 unspecified atom stereocenters. The lowest BCUT2D eigenvalue weighted by atomic mass is 10.1. The number of sulfonamides is 1. The maximum absolute atomic E-state index is 12.9. The molecule has 0 aromatic heterocycles. The van der Waals surface area contributed by atoms with Crippen LogP contribution in [0.25, 0.3) is 0 Å². The third-order valence-electron chi connectivity index (χ3n) is 4.91. The highest BCUT2D eigenvalue weighted by atomic mass is 32.2. The van der Waals surface area contributed by atoms with E-state index in [-0.39, 0.29) is 16.6 Å². The number of benzene rings is 1. The smallest absolute Gasteiger partial charge is 0.269 e. The van der Waals surface area contributed by atoms with E-state index >= 15 is 0 Å². The summed E-state index contributed by atoms with van der Waals surface area (Å²) in [5.74, 6) is -0.630. The lowest BCUT2D eigenvalue weighted by Gasteiger charge is -2.17. The van der Waals surface area contributed by atoms with E-state index in [0.29, 0.717) is 18.7 Å². The van der Waals surface area contributed by atoms with Crippen LogP contribution >= 0.6 is 0 Å². The molecule has 1 aromatic carbocycles. The van der Waals surface area contributed by atoms with Crippen molar-refractivity contribution in [3.63, 3.8) is 0 Å². The molecule has 0 spiro atoms. The summed E-state index contributed by atoms with van der Waals surface area (Å²) >= 11 is 0. The minimum atomic E-state index is -4.13. The summed E-state index contributed by atoms with van der Waals surface area (Å²) in [7, 11) is -2.73. The summed E-state index contributed by atoms with van der Waals surface area (Å²) < 4.78 is 33.2. The first-order valence-corrected chi connectivity index (χ1v) is 10.3. The lowest BCUT2D eigenvalue weighted by Crippen LogP contribution is -2.46. The van der Waals surface area contributed by atoms with Gasteiger partial charge in [0.15, 0.2) is 4.90 Å². The minimum Gasteiger partial charge on any atom is -0.495 e. The predicted molar refractivity (Wildman–Crippen MR) is 99.4 cm³/mol. The fourth-order valence-corrected chi connectivity index (χ4v) is 4.60. The fourth-order valence-electron chi connectivity index (χ4n) is 3.21. The number of carbonyl (C=O) groups excluding carboxylic acids is 1. The van der Waals surface area contributed by atoms with Crippen LogP contribution in [0.4, 0.5) is 5.69 Å². The van der Waals surface area contributed by atoms with Crippen LogP contribution in [0.1, 0.15) is 32.1 Å². The van der Waals surface area contributed by atoms with Crippen molar-refractivity contribution in [3.8, 4) is 5.75 Å². The third kappa shape index (κ3) is 3.71. The van der Waals surface area contributed by atoms with E-state index in [0.717, 1.165) is 25.7 Å². The van der Waals surface area contributed by atoms with Gasteiger partial charge in [-0.1, -0.05) is 24.6 Å². The number of rotatable bonds is 1. The highest BCUT2D eigenvalue weighted by Crippen LogP contribution is 2.43. The van der Waals surface area contributed by atoms with E-state index in [1.165, 1.54) is 7.11 Å². The molecule has 7 nitrogen and oxygen atoms in total. The molecule has 26 heavy (non-hydrogen) atoms. The number of ether oxygens (including phenoxy) is 1. The Hall–Kier alpha value is -2.06. The number of anilines is 1. The quantitative estimate of drug-likeness (QED) is 0.641. The third-order valence-corrected chi connectivity index (χ3v) is 6.32. The largest absolute Gasteiger partial charge is 0.495 e. The average molecular weight is 379 g/mol. The number of carbonyl (C=O) groups is 1. The zero-order valence-electron chi connectivity index (χ0n) is 14.8. The van der Waals surface area contributed by atoms with Crippen LogP contribution in [0, 0.1) is 5.92 Å². The van der Waals surface area contributed by atoms with E-state index in [1.807, 2.05) is 12.2 Å². The standard InChI is InChI=1S/C18H25N3O4S/c1-25-15-10-7-9-14-16(15)26(23,24)21-17(22)18(19)12-13(18)8-5-3-2-4-6-11-20-14/h5,7-10,13,20H,2-4,6,11-12,19H2,1H3,(H,21,22)/t13-,18-/m1/s1. The highest BCUT2D eigenvalue weighted by Gasteiger charge is 2.56. The first-order chi connectivity index (χ1) is 12.4. The first-order valence-electron chi connectivity index (χ1n) is 8.82. The summed E-state index contributed by atoms with van der Waals surface area (Å²) in [5.41, 5.74) is 5.36. The molecular formula is C18H25N3O4S. The second-order valence-electron chi connectivity index (χ2n) is 6.83. The zero-order valence-corrected chi connectivity index (χ0v) is 15.6. The van der Waals surface area contributed by atoms with Gasteiger partial charge in [-0.25, -0.2) is 13.1 Å². The Balaban J connectivity index is 1.97. The van der Waals surface area contributed by atoms with Crippen molar-refractivity contribution in [2.24, 2.45) is 11.7 Å². The van der Waals surface area contributed by atoms with Gasteiger partial charge in [-0.05, 0) is 37.8 Å². The minimum absolute atomic E-state index is 0.0675. The van der Waals surface area contributed by atoms with Gasteiger partial charge in [0, 0.05) is 12.5 Å². The van der Waals surface area contributed by atoms with Crippen molar-refractivity contribution in [1.29, 1.82) is 0 Å². The average Bonchev–Trinajstić information content (AvgIpc) is 3.27. The molecule has 1 aromatic rings. The normalized spacial score (nSPS) is 28.4. The van der Waals surface area contributed by atoms with E-state index in [9.17, 15) is 13.2 Å². The fraction of sp³-hybridized carbons (Fsp3) is 0.500. The Bertz CT molecular complexity index is 822. The van der Waals surface area contributed by atoms with Crippen molar-refractivity contribution in [3.05, 3.63) is 30.4 Å². The number of hydrogen-bond donors (Lipinski definition) is 3. The molecule has 1 aliphatic heterocycles. The highest BCUT2D eigenvalue weighted by molar-refractivity contribution is 7.90. The molecule has 142 valence electrons. The summed E-state index contributed by atoms with van der Waals surface area (Å²) in [6.45, 7) is 0.636. The van der Waals surface area contributed by atoms with Crippen molar-refractivity contribution in [1.82, 2.24) is 4.72 Å². The first kappa shape index (κ1) is 18.7. The molecule has 2 aliphatic rings. The summed E-state index contributed by atoms with van der Waals surface area (Å²) in [6, 6.07) is 4.93. The van der Waals surface area contributed by atoms with Crippen LogP contribution in [0.3, 0.4) is 0 Å². The van der Waals surface area contributed by atoms with Gasteiger partial charge in [-0.3, -0.25) is 4.79 Å². The summed E-state index contributed by atoms with van der Waals surface area (Å²) in [6.07, 6.45) is 8.32. The molecule has 4 N–H and O–H groups in total. The molecule has 1 aliphatic carbocycles. The Morgan fingerprint density at radius 2 is 2.08 bits per heavy atom. The second kappa shape index (κ2) is 7.28. The second-order valence-corrected chi connectivity index (χ2v) is 8.45. The van der Waals surface area contributed by atoms with Crippen LogP contribution in [0.5, 0.6) is 5.75 Å². The Morgan fingerprint density at radius 3 is 2.85 bits per heavy atom. The SMILES string of the molecule is COc1cccc2c1S(=O)(=O)NC(=O)[C@@]1(N)C[C@H]1C=CCCCCCN2. The van der Waals surface area contributed by atoms with Crippen LogP contribution < -0.4 is 20.5 Å². The molecule has 0 radical (unpaired) electrons. The molecule has 1 amide bonds. The summed E-state index contributed by atoms with van der Waals surface area (Å²) in [5, 5.41) is 3.15. The van der Waals surface area contributed by atoms with Crippen molar-refractivity contribution < 1.29 is 17.9 Å². The molecule has 1 saturated carbocycles.